The highest BCUT2D eigenvalue weighted by atomic mass is 19.2. The molecule has 0 radical (unpaired) electrons. The summed E-state index contributed by atoms with van der Waals surface area (Å²) in [4.78, 5) is 0. The van der Waals surface area contributed by atoms with Crippen LogP contribution in [0, 0.1) is 0 Å². The van der Waals surface area contributed by atoms with Crippen molar-refractivity contribution in [1.29, 1.82) is 0 Å². The molecular formula is C10H11FO. The van der Waals surface area contributed by atoms with Gasteiger partial charge in [0.05, 0.1) is 0 Å². The van der Waals surface area contributed by atoms with E-state index in [1.54, 1.807) is 0 Å². The molecule has 0 spiro atoms. The highest BCUT2D eigenvalue weighted by Crippen LogP contribution is 2.49. The Morgan fingerprint density at radius 3 is 2.42 bits per heavy atom. The first-order chi connectivity index (χ1) is 5.79. The van der Waals surface area contributed by atoms with Gasteiger partial charge in [-0.15, -0.1) is 0 Å². The molecular weight excluding hydrogens is 155 g/mol. The summed E-state index contributed by atoms with van der Waals surface area (Å²) in [6, 6.07) is 9.54. The molecule has 0 amide bonds. The number of hydrogen-bond acceptors (Lipinski definition) is 1. The van der Waals surface area contributed by atoms with Gasteiger partial charge in [0.25, 0.3) is 0 Å². The zero-order chi connectivity index (χ0) is 8.60. The maximum atomic E-state index is 12.9. The molecule has 0 bridgehead atoms. The van der Waals surface area contributed by atoms with Crippen molar-refractivity contribution in [2.75, 3.05) is 0 Å². The van der Waals surface area contributed by atoms with Gasteiger partial charge in [0, 0.05) is 0 Å². The molecule has 1 aromatic carbocycles. The standard InChI is InChI=1S/C10H11FO/c1-2-10(9(11)12-10)8-6-4-3-5-7-8/h3-7,9H,2H2,1H3. The molecule has 0 aromatic heterocycles. The molecule has 1 heterocycles. The summed E-state index contributed by atoms with van der Waals surface area (Å²) in [6.45, 7) is 1.94. The zero-order valence-corrected chi connectivity index (χ0v) is 6.96. The van der Waals surface area contributed by atoms with Crippen molar-refractivity contribution in [2.24, 2.45) is 0 Å². The Bertz CT molecular complexity index is 268. The fraction of sp³-hybridized carbons (Fsp3) is 0.400. The van der Waals surface area contributed by atoms with Crippen molar-refractivity contribution < 1.29 is 9.13 Å². The van der Waals surface area contributed by atoms with Crippen LogP contribution < -0.4 is 0 Å². The lowest BCUT2D eigenvalue weighted by molar-refractivity contribution is 0.243. The molecule has 1 aliphatic heterocycles. The van der Waals surface area contributed by atoms with Crippen molar-refractivity contribution in [1.82, 2.24) is 0 Å². The molecule has 1 aliphatic rings. The van der Waals surface area contributed by atoms with Gasteiger partial charge in [0.2, 0.25) is 6.36 Å². The average molecular weight is 166 g/mol. The van der Waals surface area contributed by atoms with E-state index >= 15 is 0 Å². The number of hydrogen-bond donors (Lipinski definition) is 0. The number of rotatable bonds is 2. The Balaban J connectivity index is 2.31. The van der Waals surface area contributed by atoms with Gasteiger partial charge >= 0.3 is 0 Å². The van der Waals surface area contributed by atoms with Gasteiger partial charge in [-0.1, -0.05) is 37.3 Å². The van der Waals surface area contributed by atoms with Gasteiger partial charge in [-0.05, 0) is 12.0 Å². The summed E-state index contributed by atoms with van der Waals surface area (Å²) < 4.78 is 17.9. The first-order valence-electron chi connectivity index (χ1n) is 4.17. The third kappa shape index (κ3) is 0.950. The Labute approximate surface area is 71.2 Å². The summed E-state index contributed by atoms with van der Waals surface area (Å²) >= 11 is 0. The summed E-state index contributed by atoms with van der Waals surface area (Å²) in [5, 5.41) is 0. The van der Waals surface area contributed by atoms with E-state index < -0.39 is 12.0 Å². The number of ether oxygens (including phenoxy) is 1. The first kappa shape index (κ1) is 7.74. The van der Waals surface area contributed by atoms with E-state index in [2.05, 4.69) is 0 Å². The van der Waals surface area contributed by atoms with Gasteiger partial charge in [0.1, 0.15) is 0 Å². The Hall–Kier alpha value is -0.890. The minimum atomic E-state index is -1.11. The van der Waals surface area contributed by atoms with Gasteiger partial charge in [-0.25, -0.2) is 4.39 Å². The van der Waals surface area contributed by atoms with E-state index in [1.807, 2.05) is 37.3 Å². The molecule has 2 rings (SSSR count). The molecule has 1 fully saturated rings. The third-order valence-corrected chi connectivity index (χ3v) is 2.41. The largest absolute Gasteiger partial charge is 0.328 e. The van der Waals surface area contributed by atoms with E-state index in [1.165, 1.54) is 0 Å². The minimum Gasteiger partial charge on any atom is -0.328 e. The molecule has 1 nitrogen and oxygen atoms in total. The van der Waals surface area contributed by atoms with Crippen LogP contribution in [0.3, 0.4) is 0 Å². The van der Waals surface area contributed by atoms with E-state index in [0.717, 1.165) is 5.56 Å². The van der Waals surface area contributed by atoms with Crippen LogP contribution in [0.15, 0.2) is 30.3 Å². The number of alkyl halides is 1. The highest BCUT2D eigenvalue weighted by Gasteiger charge is 2.57. The van der Waals surface area contributed by atoms with Crippen LogP contribution in [0.2, 0.25) is 0 Å². The maximum Gasteiger partial charge on any atom is 0.233 e. The molecule has 64 valence electrons. The van der Waals surface area contributed by atoms with Crippen molar-refractivity contribution in [3.8, 4) is 0 Å². The first-order valence-corrected chi connectivity index (χ1v) is 4.17. The van der Waals surface area contributed by atoms with Gasteiger partial charge in [0.15, 0.2) is 5.60 Å². The Morgan fingerprint density at radius 2 is 2.00 bits per heavy atom. The lowest BCUT2D eigenvalue weighted by Crippen LogP contribution is -2.08. The monoisotopic (exact) mass is 166 g/mol. The molecule has 1 aromatic rings. The fourth-order valence-corrected chi connectivity index (χ4v) is 1.52. The van der Waals surface area contributed by atoms with Gasteiger partial charge in [-0.2, -0.15) is 0 Å². The third-order valence-electron chi connectivity index (χ3n) is 2.41. The molecule has 2 atom stereocenters. The Kier molecular flexibility index (Phi) is 1.65. The van der Waals surface area contributed by atoms with Crippen molar-refractivity contribution in [3.05, 3.63) is 35.9 Å². The van der Waals surface area contributed by atoms with Crippen LogP contribution in [0.4, 0.5) is 4.39 Å². The summed E-state index contributed by atoms with van der Waals surface area (Å²) in [7, 11) is 0. The summed E-state index contributed by atoms with van der Waals surface area (Å²) in [5.41, 5.74) is 0.321. The van der Waals surface area contributed by atoms with E-state index in [4.69, 9.17) is 4.74 Å². The number of benzene rings is 1. The molecule has 12 heavy (non-hydrogen) atoms. The predicted molar refractivity (Wildman–Crippen MR) is 44.4 cm³/mol. The second-order valence-corrected chi connectivity index (χ2v) is 3.04. The Morgan fingerprint density at radius 1 is 1.42 bits per heavy atom. The number of halogens is 1. The van der Waals surface area contributed by atoms with Crippen LogP contribution >= 0.6 is 0 Å². The van der Waals surface area contributed by atoms with E-state index in [-0.39, 0.29) is 0 Å². The van der Waals surface area contributed by atoms with Crippen LogP contribution in [0.1, 0.15) is 18.9 Å². The summed E-state index contributed by atoms with van der Waals surface area (Å²) in [5.74, 6) is 0. The van der Waals surface area contributed by atoms with Gasteiger partial charge in [-0.3, -0.25) is 0 Å². The van der Waals surface area contributed by atoms with Crippen LogP contribution in [-0.2, 0) is 10.3 Å². The average Bonchev–Trinajstić information content (AvgIpc) is 2.80. The molecule has 0 saturated carbocycles. The summed E-state index contributed by atoms with van der Waals surface area (Å²) in [6.07, 6.45) is -0.414. The van der Waals surface area contributed by atoms with E-state index in [0.29, 0.717) is 6.42 Å². The predicted octanol–water partition coefficient (Wildman–Crippen LogP) is 2.62. The maximum absolute atomic E-state index is 12.9. The smallest absolute Gasteiger partial charge is 0.233 e. The van der Waals surface area contributed by atoms with Crippen LogP contribution in [-0.4, -0.2) is 6.36 Å². The lowest BCUT2D eigenvalue weighted by Gasteiger charge is -2.07. The van der Waals surface area contributed by atoms with E-state index in [9.17, 15) is 4.39 Å². The normalized spacial score (nSPS) is 33.3. The van der Waals surface area contributed by atoms with Crippen molar-refractivity contribution >= 4 is 0 Å². The second-order valence-electron chi connectivity index (χ2n) is 3.04. The van der Waals surface area contributed by atoms with Crippen LogP contribution in [0.25, 0.3) is 0 Å². The molecule has 0 N–H and O–H groups in total. The zero-order valence-electron chi connectivity index (χ0n) is 6.96. The fourth-order valence-electron chi connectivity index (χ4n) is 1.52. The quantitative estimate of drug-likeness (QED) is 0.615. The van der Waals surface area contributed by atoms with Crippen molar-refractivity contribution in [3.63, 3.8) is 0 Å². The second kappa shape index (κ2) is 2.56. The molecule has 0 aliphatic carbocycles. The van der Waals surface area contributed by atoms with Gasteiger partial charge < -0.3 is 4.74 Å². The molecule has 1 saturated heterocycles. The lowest BCUT2D eigenvalue weighted by atomic mass is 9.97. The number of epoxide rings is 1. The van der Waals surface area contributed by atoms with Crippen LogP contribution in [0.5, 0.6) is 0 Å². The molecule has 2 unspecified atom stereocenters. The molecule has 2 heteroatoms. The minimum absolute atomic E-state index is 0.624. The topological polar surface area (TPSA) is 12.5 Å². The SMILES string of the molecule is CCC1(c2ccccc2)OC1F. The highest BCUT2D eigenvalue weighted by molar-refractivity contribution is 5.27. The van der Waals surface area contributed by atoms with Crippen molar-refractivity contribution in [2.45, 2.75) is 25.3 Å².